The van der Waals surface area contributed by atoms with Gasteiger partial charge in [-0.15, -0.1) is 0 Å². The molecule has 0 aliphatic carbocycles. The van der Waals surface area contributed by atoms with E-state index in [-0.39, 0.29) is 5.41 Å². The molecule has 1 atom stereocenters. The van der Waals surface area contributed by atoms with Crippen molar-refractivity contribution in [2.24, 2.45) is 11.1 Å². The second-order valence-electron chi connectivity index (χ2n) is 7.01. The number of rotatable bonds is 5. The summed E-state index contributed by atoms with van der Waals surface area (Å²) in [4.78, 5) is 0. The van der Waals surface area contributed by atoms with E-state index >= 15 is 0 Å². The number of ether oxygens (including phenoxy) is 2. The van der Waals surface area contributed by atoms with Crippen LogP contribution in [0.3, 0.4) is 0 Å². The van der Waals surface area contributed by atoms with Gasteiger partial charge in [0.2, 0.25) is 0 Å². The van der Waals surface area contributed by atoms with Crippen molar-refractivity contribution in [3.8, 4) is 11.5 Å². The van der Waals surface area contributed by atoms with Crippen molar-refractivity contribution in [1.29, 1.82) is 0 Å². The molecule has 0 bridgehead atoms. The molecule has 0 amide bonds. The maximum absolute atomic E-state index is 11.9. The fraction of sp³-hybridized carbons (Fsp3) is 0.400. The van der Waals surface area contributed by atoms with Gasteiger partial charge in [-0.25, -0.2) is 0 Å². The van der Waals surface area contributed by atoms with Crippen LogP contribution in [0.1, 0.15) is 31.9 Å². The fourth-order valence-electron chi connectivity index (χ4n) is 3.03. The number of methoxy groups -OCH3 is 2. The van der Waals surface area contributed by atoms with Gasteiger partial charge in [-0.1, -0.05) is 57.2 Å². The lowest BCUT2D eigenvalue weighted by atomic mass is 9.70. The second-order valence-corrected chi connectivity index (χ2v) is 7.01. The minimum absolute atomic E-state index is 0.351. The van der Waals surface area contributed by atoms with Crippen molar-refractivity contribution in [2.45, 2.75) is 32.4 Å². The van der Waals surface area contributed by atoms with Crippen LogP contribution in [0, 0.1) is 5.41 Å². The van der Waals surface area contributed by atoms with E-state index in [0.717, 1.165) is 0 Å². The van der Waals surface area contributed by atoms with Crippen molar-refractivity contribution in [2.75, 3.05) is 14.2 Å². The minimum atomic E-state index is -1.46. The molecule has 0 fully saturated rings. The van der Waals surface area contributed by atoms with Crippen molar-refractivity contribution in [1.82, 2.24) is 0 Å². The van der Waals surface area contributed by atoms with Crippen LogP contribution >= 0.6 is 0 Å². The summed E-state index contributed by atoms with van der Waals surface area (Å²) in [5.74, 6) is 1.18. The average Bonchev–Trinajstić information content (AvgIpc) is 2.59. The highest BCUT2D eigenvalue weighted by molar-refractivity contribution is 5.51. The molecule has 130 valence electrons. The van der Waals surface area contributed by atoms with E-state index in [4.69, 9.17) is 15.2 Å². The Balaban J connectivity index is 2.80. The molecule has 3 N–H and O–H groups in total. The van der Waals surface area contributed by atoms with Crippen LogP contribution in [0.5, 0.6) is 11.5 Å². The van der Waals surface area contributed by atoms with Crippen LogP contribution in [0.4, 0.5) is 0 Å². The summed E-state index contributed by atoms with van der Waals surface area (Å²) < 4.78 is 11.0. The van der Waals surface area contributed by atoms with Gasteiger partial charge in [0.1, 0.15) is 17.1 Å². The topological polar surface area (TPSA) is 64.7 Å². The normalized spacial score (nSPS) is 13.5. The quantitative estimate of drug-likeness (QED) is 0.883. The summed E-state index contributed by atoms with van der Waals surface area (Å²) in [5.41, 5.74) is 6.02. The number of hydrogen-bond donors (Lipinski definition) is 2. The van der Waals surface area contributed by atoms with Gasteiger partial charge in [0.05, 0.1) is 14.2 Å². The summed E-state index contributed by atoms with van der Waals surface area (Å²) in [5, 5.41) is 11.9. The zero-order valence-corrected chi connectivity index (χ0v) is 15.0. The highest BCUT2D eigenvalue weighted by Crippen LogP contribution is 2.45. The maximum atomic E-state index is 11.9. The van der Waals surface area contributed by atoms with E-state index in [1.165, 1.54) is 0 Å². The van der Waals surface area contributed by atoms with Gasteiger partial charge >= 0.3 is 0 Å². The van der Waals surface area contributed by atoms with Crippen LogP contribution in [0.2, 0.25) is 0 Å². The largest absolute Gasteiger partial charge is 0.496 e. The summed E-state index contributed by atoms with van der Waals surface area (Å²) in [6.07, 6.45) is 0. The molecule has 0 spiro atoms. The third-order valence-corrected chi connectivity index (χ3v) is 4.42. The first-order chi connectivity index (χ1) is 11.3. The molecule has 2 aromatic rings. The smallest absolute Gasteiger partial charge is 0.137 e. The standard InChI is InChI=1S/C20H27NO3/c1-19(2,3)18(21)20(22,14-10-6-8-12-16(14)23-4)15-11-7-9-13-17(15)24-5/h6-13,18,22H,21H2,1-5H3/t18-/m1/s1. The summed E-state index contributed by atoms with van der Waals surface area (Å²) in [6, 6.07) is 14.2. The van der Waals surface area contributed by atoms with Gasteiger partial charge in [-0.05, 0) is 17.5 Å². The number of nitrogens with two attached hydrogens (primary N) is 1. The molecular weight excluding hydrogens is 302 g/mol. The molecule has 0 aliphatic rings. The van der Waals surface area contributed by atoms with Gasteiger partial charge in [-0.3, -0.25) is 0 Å². The molecule has 0 unspecified atom stereocenters. The fourth-order valence-corrected chi connectivity index (χ4v) is 3.03. The SMILES string of the molecule is COc1ccccc1C(O)(c1ccccc1OC)[C@H](N)C(C)(C)C. The Morgan fingerprint density at radius 2 is 1.21 bits per heavy atom. The minimum Gasteiger partial charge on any atom is -0.496 e. The lowest BCUT2D eigenvalue weighted by molar-refractivity contribution is 0.00750. The third-order valence-electron chi connectivity index (χ3n) is 4.42. The van der Waals surface area contributed by atoms with Gasteiger partial charge in [0.15, 0.2) is 0 Å². The zero-order valence-electron chi connectivity index (χ0n) is 15.0. The molecular formula is C20H27NO3. The summed E-state index contributed by atoms with van der Waals surface area (Å²) >= 11 is 0. The van der Waals surface area contributed by atoms with Crippen LogP contribution in [-0.4, -0.2) is 25.4 Å². The van der Waals surface area contributed by atoms with E-state index in [9.17, 15) is 5.11 Å². The van der Waals surface area contributed by atoms with Crippen molar-refractivity contribution < 1.29 is 14.6 Å². The van der Waals surface area contributed by atoms with E-state index in [2.05, 4.69) is 0 Å². The van der Waals surface area contributed by atoms with Crippen molar-refractivity contribution in [3.63, 3.8) is 0 Å². The first-order valence-electron chi connectivity index (χ1n) is 8.01. The van der Waals surface area contributed by atoms with Crippen LogP contribution in [0.25, 0.3) is 0 Å². The predicted molar refractivity (Wildman–Crippen MR) is 96.4 cm³/mol. The molecule has 0 heterocycles. The average molecular weight is 329 g/mol. The molecule has 24 heavy (non-hydrogen) atoms. The lowest BCUT2D eigenvalue weighted by Gasteiger charge is -2.42. The number of para-hydroxylation sites is 2. The van der Waals surface area contributed by atoms with Gasteiger partial charge in [0.25, 0.3) is 0 Å². The predicted octanol–water partition coefficient (Wildman–Crippen LogP) is 3.31. The van der Waals surface area contributed by atoms with E-state index in [1.54, 1.807) is 14.2 Å². The molecule has 4 heteroatoms. The van der Waals surface area contributed by atoms with Crippen molar-refractivity contribution >= 4 is 0 Å². The highest BCUT2D eigenvalue weighted by atomic mass is 16.5. The Labute approximate surface area is 144 Å². The third kappa shape index (κ3) is 3.12. The molecule has 2 rings (SSSR count). The van der Waals surface area contributed by atoms with Gasteiger partial charge < -0.3 is 20.3 Å². The molecule has 0 saturated carbocycles. The van der Waals surface area contributed by atoms with E-state index < -0.39 is 11.6 Å². The molecule has 2 aromatic carbocycles. The van der Waals surface area contributed by atoms with Crippen LogP contribution < -0.4 is 15.2 Å². The molecule has 0 radical (unpaired) electrons. The van der Waals surface area contributed by atoms with E-state index in [1.807, 2.05) is 69.3 Å². The lowest BCUT2D eigenvalue weighted by Crippen LogP contribution is -2.53. The molecule has 0 saturated heterocycles. The Morgan fingerprint density at radius 1 is 0.833 bits per heavy atom. The van der Waals surface area contributed by atoms with Crippen LogP contribution in [-0.2, 0) is 5.60 Å². The number of benzene rings is 2. The second kappa shape index (κ2) is 6.83. The molecule has 0 aliphatic heterocycles. The Bertz CT molecular complexity index is 644. The summed E-state index contributed by atoms with van der Waals surface area (Å²) in [7, 11) is 3.17. The van der Waals surface area contributed by atoms with Gasteiger partial charge in [0, 0.05) is 17.2 Å². The molecule has 4 nitrogen and oxygen atoms in total. The number of aliphatic hydroxyl groups is 1. The van der Waals surface area contributed by atoms with Gasteiger partial charge in [-0.2, -0.15) is 0 Å². The first-order valence-corrected chi connectivity index (χ1v) is 8.01. The number of hydrogen-bond acceptors (Lipinski definition) is 4. The Morgan fingerprint density at radius 3 is 1.54 bits per heavy atom. The highest BCUT2D eigenvalue weighted by Gasteiger charge is 2.47. The maximum Gasteiger partial charge on any atom is 0.137 e. The van der Waals surface area contributed by atoms with E-state index in [0.29, 0.717) is 22.6 Å². The Kier molecular flexibility index (Phi) is 5.21. The molecule has 0 aromatic heterocycles. The monoisotopic (exact) mass is 329 g/mol. The summed E-state index contributed by atoms with van der Waals surface area (Å²) in [6.45, 7) is 6.02. The zero-order chi connectivity index (χ0) is 18.0. The van der Waals surface area contributed by atoms with Crippen LogP contribution in [0.15, 0.2) is 48.5 Å². The Hall–Kier alpha value is -2.04. The first kappa shape index (κ1) is 18.3. The van der Waals surface area contributed by atoms with Crippen molar-refractivity contribution in [3.05, 3.63) is 59.7 Å².